The maximum Gasteiger partial charge on any atom is 0.425 e. The van der Waals surface area contributed by atoms with Gasteiger partial charge in [0.15, 0.2) is 0 Å². The number of piperidine rings is 2. The molecule has 10 nitrogen and oxygen atoms in total. The van der Waals surface area contributed by atoms with E-state index in [1.165, 1.54) is 4.90 Å². The molecule has 3 aromatic rings. The first kappa shape index (κ1) is 42.7. The molecule has 0 unspecified atom stereocenters. The predicted octanol–water partition coefficient (Wildman–Crippen LogP) is 8.90. The van der Waals surface area contributed by atoms with Crippen molar-refractivity contribution in [3.8, 4) is 17.6 Å². The summed E-state index contributed by atoms with van der Waals surface area (Å²) in [5, 5.41) is 21.5. The average Bonchev–Trinajstić information content (AvgIpc) is 3.66. The minimum absolute atomic E-state index is 0.00958. The Kier molecular flexibility index (Phi) is 12.4. The number of alkyl halides is 6. The number of pyridine rings is 1. The predicted molar refractivity (Wildman–Crippen MR) is 199 cm³/mol. The molecular formula is C41H44F6N4O6S. The second kappa shape index (κ2) is 16.8. The molecule has 1 N–H and O–H groups in total. The molecule has 4 heterocycles. The summed E-state index contributed by atoms with van der Waals surface area (Å²) in [6.07, 6.45) is -4.81. The molecule has 1 saturated carbocycles. The molecule has 0 bridgehead atoms. The number of halogens is 6. The van der Waals surface area contributed by atoms with E-state index < -0.39 is 68.7 Å². The van der Waals surface area contributed by atoms with Crippen molar-refractivity contribution in [1.29, 1.82) is 5.26 Å². The normalized spacial score (nSPS) is 21.7. The molecule has 3 fully saturated rings. The fourth-order valence-corrected chi connectivity index (χ4v) is 9.31. The summed E-state index contributed by atoms with van der Waals surface area (Å²) in [5.41, 5.74) is -5.37. The summed E-state index contributed by atoms with van der Waals surface area (Å²) in [6.45, 7) is 1.94. The summed E-state index contributed by atoms with van der Waals surface area (Å²) >= 11 is 0.365. The number of rotatable bonds is 13. The van der Waals surface area contributed by atoms with Crippen molar-refractivity contribution in [2.75, 3.05) is 26.2 Å². The number of amides is 2. The number of hydrogen-bond donors (Lipinski definition) is 1. The number of nitrogens with zero attached hydrogens (tertiary/aromatic N) is 4. The Morgan fingerprint density at radius 1 is 0.983 bits per heavy atom. The Labute approximate surface area is 335 Å². The van der Waals surface area contributed by atoms with Crippen molar-refractivity contribution >= 4 is 29.1 Å². The van der Waals surface area contributed by atoms with Crippen LogP contribution in [0.3, 0.4) is 0 Å². The summed E-state index contributed by atoms with van der Waals surface area (Å²) in [4.78, 5) is 46.4. The number of likely N-dealkylation sites (tertiary alicyclic amines) is 2. The van der Waals surface area contributed by atoms with Gasteiger partial charge in [-0.25, -0.2) is 0 Å². The topological polar surface area (TPSA) is 133 Å². The van der Waals surface area contributed by atoms with Crippen molar-refractivity contribution in [3.63, 3.8) is 0 Å². The first-order valence-corrected chi connectivity index (χ1v) is 20.2. The van der Waals surface area contributed by atoms with Crippen LogP contribution in [0.2, 0.25) is 0 Å². The first-order chi connectivity index (χ1) is 27.5. The van der Waals surface area contributed by atoms with E-state index >= 15 is 4.79 Å². The molecule has 3 aliphatic rings. The molecule has 17 heteroatoms. The molecule has 2 atom stereocenters. The highest BCUT2D eigenvalue weighted by Crippen LogP contribution is 2.47. The number of benzene rings is 1. The Balaban J connectivity index is 1.28. The average molecular weight is 835 g/mol. The molecular weight excluding hydrogens is 791 g/mol. The van der Waals surface area contributed by atoms with Crippen molar-refractivity contribution < 1.29 is 55.3 Å². The Morgan fingerprint density at radius 3 is 2.31 bits per heavy atom. The minimum Gasteiger partial charge on any atom is -0.493 e. The molecule has 58 heavy (non-hydrogen) atoms. The molecule has 1 aliphatic carbocycles. The summed E-state index contributed by atoms with van der Waals surface area (Å²) in [7, 11) is 0. The number of carboxylic acid groups (broad SMARTS) is 1. The third-order valence-electron chi connectivity index (χ3n) is 11.9. The van der Waals surface area contributed by atoms with Crippen molar-refractivity contribution in [2.24, 2.45) is 5.41 Å². The van der Waals surface area contributed by atoms with Crippen molar-refractivity contribution in [2.45, 2.75) is 107 Å². The third-order valence-corrected chi connectivity index (χ3v) is 12.8. The van der Waals surface area contributed by atoms with Crippen LogP contribution in [0, 0.1) is 16.7 Å². The van der Waals surface area contributed by atoms with Gasteiger partial charge in [0.2, 0.25) is 5.60 Å². The Morgan fingerprint density at radius 2 is 1.71 bits per heavy atom. The highest BCUT2D eigenvalue weighted by atomic mass is 32.1. The monoisotopic (exact) mass is 834 g/mol. The molecule has 2 aliphatic heterocycles. The van der Waals surface area contributed by atoms with E-state index in [9.17, 15) is 46.3 Å². The number of thiophene rings is 1. The summed E-state index contributed by atoms with van der Waals surface area (Å²) in [6, 6.07) is 10.8. The smallest absolute Gasteiger partial charge is 0.425 e. The quantitative estimate of drug-likeness (QED) is 0.133. The molecule has 2 amide bonds. The number of para-hydroxylation sites is 1. The van der Waals surface area contributed by atoms with E-state index in [0.717, 1.165) is 41.1 Å². The second-order valence-electron chi connectivity index (χ2n) is 15.3. The lowest BCUT2D eigenvalue weighted by molar-refractivity contribution is -0.160. The van der Waals surface area contributed by atoms with Gasteiger partial charge in [-0.3, -0.25) is 19.4 Å². The van der Waals surface area contributed by atoms with Gasteiger partial charge in [-0.1, -0.05) is 38.0 Å². The van der Waals surface area contributed by atoms with Gasteiger partial charge in [-0.15, -0.1) is 11.3 Å². The maximum absolute atomic E-state index is 15.0. The summed E-state index contributed by atoms with van der Waals surface area (Å²) < 4.78 is 96.0. The first-order valence-electron chi connectivity index (χ1n) is 19.3. The van der Waals surface area contributed by atoms with E-state index in [2.05, 4.69) is 11.1 Å². The van der Waals surface area contributed by atoms with E-state index in [1.54, 1.807) is 31.2 Å². The number of aromatic nitrogens is 1. The Hall–Kier alpha value is -4.85. The summed E-state index contributed by atoms with van der Waals surface area (Å²) in [5.74, 6) is -2.36. The zero-order valence-corrected chi connectivity index (χ0v) is 32.6. The van der Waals surface area contributed by atoms with Crippen LogP contribution in [0.15, 0.2) is 54.0 Å². The lowest BCUT2D eigenvalue weighted by Gasteiger charge is -2.51. The van der Waals surface area contributed by atoms with Gasteiger partial charge in [0.05, 0.1) is 35.1 Å². The number of nitriles is 1. The van der Waals surface area contributed by atoms with E-state index in [4.69, 9.17) is 9.47 Å². The van der Waals surface area contributed by atoms with Gasteiger partial charge in [0.1, 0.15) is 22.1 Å². The second-order valence-corrected chi connectivity index (χ2v) is 16.2. The van der Waals surface area contributed by atoms with Crippen LogP contribution in [-0.4, -0.2) is 75.6 Å². The fraction of sp³-hybridized carbons (Fsp3) is 0.537. The molecule has 1 aromatic carbocycles. The molecule has 6 rings (SSSR count). The Bertz CT molecular complexity index is 2020. The SMILES string of the molecule is CCC[C@H]1N(C(=O)c2ncccc2C(F)(F)F)CCC[C@@]1(Oc1csc(C(F)(F)F)c1)C(=O)N1CCC(C#N)(c2ccccc2OCCCC2(C(=O)O)CCC2)CC1. The number of aliphatic carboxylic acids is 1. The number of carbonyl (C=O) groups is 3. The zero-order valence-electron chi connectivity index (χ0n) is 31.8. The minimum atomic E-state index is -4.92. The van der Waals surface area contributed by atoms with Crippen LogP contribution < -0.4 is 9.47 Å². The maximum atomic E-state index is 15.0. The zero-order chi connectivity index (χ0) is 41.9. The number of carboxylic acids is 1. The van der Waals surface area contributed by atoms with E-state index in [1.807, 2.05) is 0 Å². The van der Waals surface area contributed by atoms with Crippen molar-refractivity contribution in [3.05, 3.63) is 75.7 Å². The van der Waals surface area contributed by atoms with E-state index in [-0.39, 0.29) is 64.1 Å². The highest BCUT2D eigenvalue weighted by Gasteiger charge is 2.57. The number of ether oxygens (including phenoxy) is 2. The number of hydrogen-bond acceptors (Lipinski definition) is 8. The fourth-order valence-electron chi connectivity index (χ4n) is 8.63. The van der Waals surface area contributed by atoms with Crippen molar-refractivity contribution in [1.82, 2.24) is 14.8 Å². The third kappa shape index (κ3) is 8.35. The largest absolute Gasteiger partial charge is 0.493 e. The van der Waals surface area contributed by atoms with Gasteiger partial charge < -0.3 is 24.4 Å². The van der Waals surface area contributed by atoms with Gasteiger partial charge in [-0.05, 0) is 69.6 Å². The van der Waals surface area contributed by atoms with Crippen LogP contribution in [0.4, 0.5) is 26.3 Å². The van der Waals surface area contributed by atoms with E-state index in [0.29, 0.717) is 54.8 Å². The van der Waals surface area contributed by atoms with Crippen LogP contribution in [0.1, 0.15) is 104 Å². The van der Waals surface area contributed by atoms with Crippen LogP contribution in [-0.2, 0) is 27.4 Å². The molecule has 0 radical (unpaired) electrons. The van der Waals surface area contributed by atoms with Gasteiger partial charge in [0, 0.05) is 49.3 Å². The lowest BCUT2D eigenvalue weighted by atomic mass is 9.66. The molecule has 2 saturated heterocycles. The molecule has 0 spiro atoms. The molecule has 312 valence electrons. The van der Waals surface area contributed by atoms with Gasteiger partial charge >= 0.3 is 18.3 Å². The van der Waals surface area contributed by atoms with Crippen LogP contribution in [0.5, 0.6) is 11.5 Å². The van der Waals surface area contributed by atoms with Gasteiger partial charge in [-0.2, -0.15) is 31.6 Å². The highest BCUT2D eigenvalue weighted by molar-refractivity contribution is 7.10. The lowest BCUT2D eigenvalue weighted by Crippen LogP contribution is -2.68. The van der Waals surface area contributed by atoms with Crippen LogP contribution >= 0.6 is 11.3 Å². The van der Waals surface area contributed by atoms with Crippen LogP contribution in [0.25, 0.3) is 0 Å². The number of carbonyl (C=O) groups excluding carboxylic acids is 2. The standard InChI is InChI=1S/C41H44F6N4O6S/c1-2-9-31-39(57-27-24-32(58-25-27)41(45,46)47,16-7-20-51(31)34(52)33-29(40(42,43)44)11-5-19-49-33)35(53)50-21-17-38(26-48,18-22-50)28-10-3-4-12-30(28)56-23-8-15-37(36(54)55)13-6-14-37/h3-5,10-12,19,24-25,31H,2,6-9,13-18,20-23H2,1H3,(H,54,55)/t31-,39+/m1/s1. The van der Waals surface area contributed by atoms with Gasteiger partial charge in [0.25, 0.3) is 11.8 Å². The molecule has 2 aromatic heterocycles.